The molecule has 1 aromatic carbocycles. The highest BCUT2D eigenvalue weighted by Crippen LogP contribution is 2.28. The van der Waals surface area contributed by atoms with Gasteiger partial charge in [-0.2, -0.15) is 5.10 Å². The number of rotatable bonds is 4. The number of nitro benzene ring substituents is 1. The minimum atomic E-state index is -1.04. The van der Waals surface area contributed by atoms with Gasteiger partial charge < -0.3 is 10.0 Å². The Morgan fingerprint density at radius 3 is 2.58 bits per heavy atom. The third-order valence-electron chi connectivity index (χ3n) is 4.36. The lowest BCUT2D eigenvalue weighted by Crippen LogP contribution is -2.39. The lowest BCUT2D eigenvalue weighted by Gasteiger charge is -2.32. The number of likely N-dealkylation sites (tertiary alicyclic amines) is 1. The summed E-state index contributed by atoms with van der Waals surface area (Å²) in [6.45, 7) is 0.789. The second-order valence-corrected chi connectivity index (χ2v) is 6.39. The smallest absolute Gasteiger partial charge is 0.338 e. The zero-order valence-electron chi connectivity index (χ0n) is 13.5. The molecule has 10 heteroatoms. The Kier molecular flexibility index (Phi) is 4.90. The van der Waals surface area contributed by atoms with E-state index in [-0.39, 0.29) is 27.9 Å². The Bertz CT molecular complexity index is 873. The Labute approximate surface area is 152 Å². The maximum absolute atomic E-state index is 12.7. The Balaban J connectivity index is 1.71. The molecule has 0 saturated carbocycles. The number of halogens is 1. The molecule has 1 saturated heterocycles. The number of carbonyl (C=O) groups is 2. The van der Waals surface area contributed by atoms with Gasteiger partial charge in [-0.25, -0.2) is 4.79 Å². The molecule has 0 aliphatic carbocycles. The average molecular weight is 379 g/mol. The van der Waals surface area contributed by atoms with E-state index >= 15 is 0 Å². The molecule has 0 radical (unpaired) electrons. The van der Waals surface area contributed by atoms with Crippen molar-refractivity contribution >= 4 is 29.2 Å². The van der Waals surface area contributed by atoms with Crippen molar-refractivity contribution in [3.63, 3.8) is 0 Å². The molecular weight excluding hydrogens is 364 g/mol. The van der Waals surface area contributed by atoms with Crippen LogP contribution in [0.15, 0.2) is 30.6 Å². The first-order valence-corrected chi connectivity index (χ1v) is 8.25. The summed E-state index contributed by atoms with van der Waals surface area (Å²) < 4.78 is 1.59. The van der Waals surface area contributed by atoms with E-state index in [1.807, 2.05) is 0 Å². The topological polar surface area (TPSA) is 119 Å². The van der Waals surface area contributed by atoms with E-state index in [2.05, 4.69) is 5.10 Å². The van der Waals surface area contributed by atoms with Crippen LogP contribution in [-0.4, -0.2) is 49.7 Å². The van der Waals surface area contributed by atoms with Crippen LogP contribution in [0.5, 0.6) is 0 Å². The fourth-order valence-electron chi connectivity index (χ4n) is 2.99. The number of nitro groups is 1. The molecule has 0 bridgehead atoms. The zero-order valence-corrected chi connectivity index (χ0v) is 14.3. The van der Waals surface area contributed by atoms with Gasteiger partial charge in [0.2, 0.25) is 0 Å². The highest BCUT2D eigenvalue weighted by atomic mass is 35.5. The summed E-state index contributed by atoms with van der Waals surface area (Å²) in [7, 11) is 0. The normalized spacial score (nSPS) is 15.0. The van der Waals surface area contributed by atoms with Gasteiger partial charge in [0.25, 0.3) is 11.6 Å². The van der Waals surface area contributed by atoms with Crippen LogP contribution in [0, 0.1) is 10.1 Å². The van der Waals surface area contributed by atoms with Gasteiger partial charge in [-0.15, -0.1) is 0 Å². The van der Waals surface area contributed by atoms with Crippen LogP contribution in [0.1, 0.15) is 39.6 Å². The van der Waals surface area contributed by atoms with Crippen molar-refractivity contribution in [2.45, 2.75) is 18.9 Å². The molecule has 9 nitrogen and oxygen atoms in total. The highest BCUT2D eigenvalue weighted by molar-refractivity contribution is 6.31. The van der Waals surface area contributed by atoms with Crippen LogP contribution in [0.4, 0.5) is 5.69 Å². The molecule has 1 aromatic heterocycles. The monoisotopic (exact) mass is 378 g/mol. The van der Waals surface area contributed by atoms with Crippen molar-refractivity contribution in [1.82, 2.24) is 14.7 Å². The number of carboxylic acid groups (broad SMARTS) is 1. The molecule has 1 fully saturated rings. The molecule has 0 unspecified atom stereocenters. The summed E-state index contributed by atoms with van der Waals surface area (Å²) in [4.78, 5) is 35.7. The van der Waals surface area contributed by atoms with Gasteiger partial charge in [0, 0.05) is 30.4 Å². The van der Waals surface area contributed by atoms with Crippen molar-refractivity contribution in [1.29, 1.82) is 0 Å². The molecule has 3 rings (SSSR count). The minimum Gasteiger partial charge on any atom is -0.478 e. The van der Waals surface area contributed by atoms with Gasteiger partial charge >= 0.3 is 5.97 Å². The van der Waals surface area contributed by atoms with Crippen molar-refractivity contribution < 1.29 is 19.6 Å². The molecule has 2 aromatic rings. The van der Waals surface area contributed by atoms with E-state index in [0.29, 0.717) is 25.9 Å². The van der Waals surface area contributed by atoms with Crippen molar-refractivity contribution in [2.75, 3.05) is 13.1 Å². The van der Waals surface area contributed by atoms with E-state index in [1.54, 1.807) is 9.58 Å². The zero-order chi connectivity index (χ0) is 18.8. The van der Waals surface area contributed by atoms with E-state index in [9.17, 15) is 19.7 Å². The van der Waals surface area contributed by atoms with Crippen LogP contribution in [0.25, 0.3) is 0 Å². The van der Waals surface area contributed by atoms with Gasteiger partial charge in [-0.1, -0.05) is 11.6 Å². The number of hydrogen-bond acceptors (Lipinski definition) is 5. The fourth-order valence-corrected chi connectivity index (χ4v) is 3.16. The number of aromatic nitrogens is 2. The lowest BCUT2D eigenvalue weighted by atomic mass is 10.0. The molecular formula is C16H15ClN4O5. The molecule has 136 valence electrons. The first-order valence-electron chi connectivity index (χ1n) is 7.87. The summed E-state index contributed by atoms with van der Waals surface area (Å²) in [5.41, 5.74) is -0.201. The van der Waals surface area contributed by atoms with Gasteiger partial charge in [-0.05, 0) is 25.0 Å². The quantitative estimate of drug-likeness (QED) is 0.645. The second-order valence-electron chi connectivity index (χ2n) is 5.96. The SMILES string of the molecule is O=C(O)c1cnn(C2CCN(C(=O)c3ccc(Cl)cc3[N+](=O)[O-])CC2)c1. The second kappa shape index (κ2) is 7.12. The Hall–Kier alpha value is -2.94. The molecule has 1 aliphatic heterocycles. The van der Waals surface area contributed by atoms with E-state index in [4.69, 9.17) is 16.7 Å². The molecule has 0 atom stereocenters. The van der Waals surface area contributed by atoms with Crippen molar-refractivity contribution in [3.8, 4) is 0 Å². The third kappa shape index (κ3) is 3.52. The molecule has 2 heterocycles. The van der Waals surface area contributed by atoms with Crippen LogP contribution in [-0.2, 0) is 0 Å². The summed E-state index contributed by atoms with van der Waals surface area (Å²) in [5, 5.41) is 24.4. The number of benzene rings is 1. The summed E-state index contributed by atoms with van der Waals surface area (Å²) >= 11 is 5.78. The number of piperidine rings is 1. The molecule has 1 N–H and O–H groups in total. The predicted molar refractivity (Wildman–Crippen MR) is 91.5 cm³/mol. The highest BCUT2D eigenvalue weighted by Gasteiger charge is 2.29. The van der Waals surface area contributed by atoms with Gasteiger partial charge in [0.1, 0.15) is 5.56 Å². The van der Waals surface area contributed by atoms with Crippen LogP contribution in [0.2, 0.25) is 5.02 Å². The van der Waals surface area contributed by atoms with Gasteiger partial charge in [-0.3, -0.25) is 19.6 Å². The number of nitrogens with zero attached hydrogens (tertiary/aromatic N) is 4. The van der Waals surface area contributed by atoms with E-state index in [1.165, 1.54) is 30.6 Å². The predicted octanol–water partition coefficient (Wildman–Crippen LogP) is 2.62. The maximum Gasteiger partial charge on any atom is 0.338 e. The van der Waals surface area contributed by atoms with Crippen LogP contribution >= 0.6 is 11.6 Å². The standard InChI is InChI=1S/C16H15ClN4O5/c17-11-1-2-13(14(7-11)21(25)26)15(22)19-5-3-12(4-6-19)20-9-10(8-18-20)16(23)24/h1-2,7-9,12H,3-6H2,(H,23,24). The fraction of sp³-hybridized carbons (Fsp3) is 0.312. The van der Waals surface area contributed by atoms with E-state index < -0.39 is 16.8 Å². The maximum atomic E-state index is 12.7. The number of aromatic carboxylic acids is 1. The summed E-state index contributed by atoms with van der Waals surface area (Å²) in [5.74, 6) is -1.46. The van der Waals surface area contributed by atoms with Crippen molar-refractivity contribution in [2.24, 2.45) is 0 Å². The number of carbonyl (C=O) groups excluding carboxylic acids is 1. The van der Waals surface area contributed by atoms with Gasteiger partial charge in [0.15, 0.2) is 0 Å². The molecule has 1 amide bonds. The first-order chi connectivity index (χ1) is 12.4. The average Bonchev–Trinajstić information content (AvgIpc) is 3.11. The lowest BCUT2D eigenvalue weighted by molar-refractivity contribution is -0.385. The molecule has 26 heavy (non-hydrogen) atoms. The number of amides is 1. The Morgan fingerprint density at radius 1 is 1.31 bits per heavy atom. The van der Waals surface area contributed by atoms with Crippen LogP contribution < -0.4 is 0 Å². The summed E-state index contributed by atoms with van der Waals surface area (Å²) in [6, 6.07) is 3.96. The summed E-state index contributed by atoms with van der Waals surface area (Å²) in [6.07, 6.45) is 3.91. The molecule has 0 spiro atoms. The first kappa shape index (κ1) is 17.9. The largest absolute Gasteiger partial charge is 0.478 e. The van der Waals surface area contributed by atoms with Crippen LogP contribution in [0.3, 0.4) is 0 Å². The number of hydrogen-bond donors (Lipinski definition) is 1. The van der Waals surface area contributed by atoms with E-state index in [0.717, 1.165) is 0 Å². The Morgan fingerprint density at radius 2 is 2.00 bits per heavy atom. The van der Waals surface area contributed by atoms with Crippen molar-refractivity contribution in [3.05, 3.63) is 56.9 Å². The number of carboxylic acids is 1. The van der Waals surface area contributed by atoms with Gasteiger partial charge in [0.05, 0.1) is 22.7 Å². The molecule has 1 aliphatic rings. The minimum absolute atomic E-state index is 0.00472. The third-order valence-corrected chi connectivity index (χ3v) is 4.60.